The van der Waals surface area contributed by atoms with Crippen LogP contribution in [0, 0.1) is 0 Å². The number of anilines is 1. The summed E-state index contributed by atoms with van der Waals surface area (Å²) in [5.41, 5.74) is 0.659. The Morgan fingerprint density at radius 3 is 2.61 bits per heavy atom. The van der Waals surface area contributed by atoms with Gasteiger partial charge in [-0.3, -0.25) is 4.79 Å². The maximum absolute atomic E-state index is 11.7. The molecule has 124 valence electrons. The van der Waals surface area contributed by atoms with Gasteiger partial charge in [0.25, 0.3) is 5.22 Å². The Morgan fingerprint density at radius 2 is 1.96 bits per heavy atom. The third-order valence-corrected chi connectivity index (χ3v) is 3.65. The van der Waals surface area contributed by atoms with Gasteiger partial charge >= 0.3 is 0 Å². The Morgan fingerprint density at radius 1 is 1.26 bits per heavy atom. The number of halogens is 1. The summed E-state index contributed by atoms with van der Waals surface area (Å²) < 4.78 is 5.48. The summed E-state index contributed by atoms with van der Waals surface area (Å²) in [7, 11) is 0. The Balaban J connectivity index is 1.79. The number of rotatable bonds is 6. The molecule has 1 amide bonds. The zero-order chi connectivity index (χ0) is 16.9. The number of hydrogen-bond donors (Lipinski definition) is 2. The molecule has 0 aliphatic carbocycles. The van der Waals surface area contributed by atoms with Crippen molar-refractivity contribution < 1.29 is 9.21 Å². The van der Waals surface area contributed by atoms with Gasteiger partial charge in [0, 0.05) is 16.2 Å². The molecule has 23 heavy (non-hydrogen) atoms. The predicted molar refractivity (Wildman–Crippen MR) is 91.7 cm³/mol. The lowest BCUT2D eigenvalue weighted by Crippen LogP contribution is -2.41. The quantitative estimate of drug-likeness (QED) is 0.774. The van der Waals surface area contributed by atoms with Gasteiger partial charge in [0.2, 0.25) is 11.8 Å². The van der Waals surface area contributed by atoms with Crippen LogP contribution in [0.5, 0.6) is 0 Å². The largest absolute Gasteiger partial charge is 0.414 e. The highest BCUT2D eigenvalue weighted by Crippen LogP contribution is 2.18. The topological polar surface area (TPSA) is 80.0 Å². The second-order valence-electron chi connectivity index (χ2n) is 5.91. The highest BCUT2D eigenvalue weighted by Gasteiger charge is 2.15. The maximum atomic E-state index is 11.7. The number of nitrogens with zero attached hydrogens (tertiary/aromatic N) is 2. The molecule has 0 unspecified atom stereocenters. The molecule has 1 aromatic heterocycles. The first-order valence-corrected chi connectivity index (χ1v) is 8.44. The van der Waals surface area contributed by atoms with Crippen molar-refractivity contribution in [2.24, 2.45) is 0 Å². The van der Waals surface area contributed by atoms with Gasteiger partial charge < -0.3 is 15.1 Å². The SMILES string of the molecule is CC(C)(C)NC(=O)CSc1nnc(CNc2ccc(Cl)cc2)o1. The molecule has 1 aromatic carbocycles. The van der Waals surface area contributed by atoms with Gasteiger partial charge in [0.15, 0.2) is 0 Å². The van der Waals surface area contributed by atoms with Gasteiger partial charge in [0.1, 0.15) is 0 Å². The first-order valence-electron chi connectivity index (χ1n) is 7.07. The molecule has 0 fully saturated rings. The molecule has 8 heteroatoms. The minimum atomic E-state index is -0.250. The lowest BCUT2D eigenvalue weighted by Gasteiger charge is -2.19. The fourth-order valence-electron chi connectivity index (χ4n) is 1.70. The van der Waals surface area contributed by atoms with E-state index >= 15 is 0 Å². The van der Waals surface area contributed by atoms with Crippen molar-refractivity contribution in [3.63, 3.8) is 0 Å². The van der Waals surface area contributed by atoms with E-state index in [-0.39, 0.29) is 17.2 Å². The predicted octanol–water partition coefficient (Wildman–Crippen LogP) is 3.34. The van der Waals surface area contributed by atoms with Crippen molar-refractivity contribution in [1.29, 1.82) is 0 Å². The third-order valence-electron chi connectivity index (χ3n) is 2.58. The van der Waals surface area contributed by atoms with E-state index in [0.717, 1.165) is 5.69 Å². The minimum absolute atomic E-state index is 0.0680. The molecule has 1 heterocycles. The molecule has 0 saturated heterocycles. The Bertz CT molecular complexity index is 652. The summed E-state index contributed by atoms with van der Waals surface area (Å²) in [6.45, 7) is 6.21. The first-order chi connectivity index (χ1) is 10.8. The highest BCUT2D eigenvalue weighted by atomic mass is 35.5. The van der Waals surface area contributed by atoms with Crippen LogP contribution < -0.4 is 10.6 Å². The normalized spacial score (nSPS) is 11.3. The molecule has 0 aliphatic rings. The van der Waals surface area contributed by atoms with Gasteiger partial charge in [-0.2, -0.15) is 0 Å². The summed E-state index contributed by atoms with van der Waals surface area (Å²) in [6, 6.07) is 7.33. The molecule has 0 atom stereocenters. The molecule has 6 nitrogen and oxygen atoms in total. The van der Waals surface area contributed by atoms with Crippen LogP contribution in [0.4, 0.5) is 5.69 Å². The van der Waals surface area contributed by atoms with Crippen LogP contribution in [-0.4, -0.2) is 27.4 Å². The van der Waals surface area contributed by atoms with Gasteiger partial charge in [-0.15, -0.1) is 10.2 Å². The molecular weight excluding hydrogens is 336 g/mol. The second-order valence-corrected chi connectivity index (χ2v) is 7.27. The summed E-state index contributed by atoms with van der Waals surface area (Å²) in [5, 5.41) is 14.9. The first kappa shape index (κ1) is 17.6. The minimum Gasteiger partial charge on any atom is -0.414 e. The summed E-state index contributed by atoms with van der Waals surface area (Å²) >= 11 is 7.04. The van der Waals surface area contributed by atoms with Crippen LogP contribution >= 0.6 is 23.4 Å². The number of aromatic nitrogens is 2. The Hall–Kier alpha value is -1.73. The van der Waals surface area contributed by atoms with Crippen LogP contribution in [0.1, 0.15) is 26.7 Å². The number of amides is 1. The van der Waals surface area contributed by atoms with E-state index in [1.54, 1.807) is 12.1 Å². The van der Waals surface area contributed by atoms with Gasteiger partial charge in [0.05, 0.1) is 12.3 Å². The van der Waals surface area contributed by atoms with Gasteiger partial charge in [-0.05, 0) is 45.0 Å². The Labute approximate surface area is 144 Å². The van der Waals surface area contributed by atoms with Crippen LogP contribution in [-0.2, 0) is 11.3 Å². The zero-order valence-corrected chi connectivity index (χ0v) is 14.8. The van der Waals surface area contributed by atoms with E-state index in [0.29, 0.717) is 22.7 Å². The number of hydrogen-bond acceptors (Lipinski definition) is 6. The van der Waals surface area contributed by atoms with E-state index in [9.17, 15) is 4.79 Å². The lowest BCUT2D eigenvalue weighted by atomic mass is 10.1. The number of benzene rings is 1. The number of nitrogens with one attached hydrogen (secondary N) is 2. The van der Waals surface area contributed by atoms with Crippen LogP contribution in [0.25, 0.3) is 0 Å². The van der Waals surface area contributed by atoms with Crippen molar-refractivity contribution >= 4 is 35.0 Å². The molecule has 2 aromatic rings. The number of carbonyl (C=O) groups excluding carboxylic acids is 1. The lowest BCUT2D eigenvalue weighted by molar-refractivity contribution is -0.119. The molecule has 0 saturated carbocycles. The van der Waals surface area contributed by atoms with Gasteiger partial charge in [-0.25, -0.2) is 0 Å². The average Bonchev–Trinajstić information content (AvgIpc) is 2.91. The van der Waals surface area contributed by atoms with E-state index in [1.807, 2.05) is 32.9 Å². The molecule has 2 rings (SSSR count). The van der Waals surface area contributed by atoms with E-state index in [1.165, 1.54) is 11.8 Å². The van der Waals surface area contributed by atoms with Crippen molar-refractivity contribution in [1.82, 2.24) is 15.5 Å². The van der Waals surface area contributed by atoms with E-state index < -0.39 is 0 Å². The highest BCUT2D eigenvalue weighted by molar-refractivity contribution is 7.99. The van der Waals surface area contributed by atoms with E-state index in [4.69, 9.17) is 16.0 Å². The van der Waals surface area contributed by atoms with Crippen molar-refractivity contribution in [2.75, 3.05) is 11.1 Å². The summed E-state index contributed by atoms with van der Waals surface area (Å²) in [6.07, 6.45) is 0. The van der Waals surface area contributed by atoms with Gasteiger partial charge in [-0.1, -0.05) is 23.4 Å². The second kappa shape index (κ2) is 7.70. The summed E-state index contributed by atoms with van der Waals surface area (Å²) in [5.74, 6) is 0.629. The smallest absolute Gasteiger partial charge is 0.277 e. The van der Waals surface area contributed by atoms with Crippen molar-refractivity contribution in [3.05, 3.63) is 35.2 Å². The Kier molecular flexibility index (Phi) is 5.90. The molecule has 0 spiro atoms. The van der Waals surface area contributed by atoms with Crippen LogP contribution in [0.3, 0.4) is 0 Å². The van der Waals surface area contributed by atoms with E-state index in [2.05, 4.69) is 20.8 Å². The van der Waals surface area contributed by atoms with Crippen LogP contribution in [0.15, 0.2) is 33.9 Å². The fourth-order valence-corrected chi connectivity index (χ4v) is 2.40. The number of carbonyl (C=O) groups is 1. The molecule has 0 bridgehead atoms. The molecule has 2 N–H and O–H groups in total. The molecular formula is C15H19ClN4O2S. The molecule has 0 aliphatic heterocycles. The monoisotopic (exact) mass is 354 g/mol. The van der Waals surface area contributed by atoms with Crippen molar-refractivity contribution in [2.45, 2.75) is 38.1 Å². The molecule has 0 radical (unpaired) electrons. The summed E-state index contributed by atoms with van der Waals surface area (Å²) in [4.78, 5) is 11.7. The average molecular weight is 355 g/mol. The zero-order valence-electron chi connectivity index (χ0n) is 13.2. The standard InChI is InChI=1S/C15H19ClN4O2S/c1-15(2,3)18-12(21)9-23-14-20-19-13(22-14)8-17-11-6-4-10(16)5-7-11/h4-7,17H,8-9H2,1-3H3,(H,18,21). The fraction of sp³-hybridized carbons (Fsp3) is 0.400. The van der Waals surface area contributed by atoms with Crippen molar-refractivity contribution in [3.8, 4) is 0 Å². The number of thioether (sulfide) groups is 1. The third kappa shape index (κ3) is 6.50. The van der Waals surface area contributed by atoms with Crippen LogP contribution in [0.2, 0.25) is 5.02 Å². The maximum Gasteiger partial charge on any atom is 0.277 e.